The first-order valence-electron chi connectivity index (χ1n) is 4.35. The topological polar surface area (TPSA) is 104 Å². The Morgan fingerprint density at radius 2 is 2.27 bits per heavy atom. The molecular formula is C8H13ClN4O2. The summed E-state index contributed by atoms with van der Waals surface area (Å²) in [5.74, 6) is 0.0187. The summed E-state index contributed by atoms with van der Waals surface area (Å²) in [5.41, 5.74) is 5.63. The molecule has 0 amide bonds. The number of rotatable bonds is 4. The lowest BCUT2D eigenvalue weighted by Crippen LogP contribution is -2.30. The number of hydrogen-bond acceptors (Lipinski definition) is 6. The lowest BCUT2D eigenvalue weighted by molar-refractivity contribution is 0.0180. The van der Waals surface area contributed by atoms with E-state index in [-0.39, 0.29) is 23.2 Å². The highest BCUT2D eigenvalue weighted by Crippen LogP contribution is 2.20. The van der Waals surface area contributed by atoms with Crippen LogP contribution in [0, 0.1) is 0 Å². The minimum atomic E-state index is -1.18. The molecule has 0 bridgehead atoms. The number of aromatic nitrogens is 2. The average Bonchev–Trinajstić information content (AvgIpc) is 2.17. The highest BCUT2D eigenvalue weighted by molar-refractivity contribution is 6.29. The van der Waals surface area contributed by atoms with E-state index in [1.165, 1.54) is 6.20 Å². The smallest absolute Gasteiger partial charge is 0.149 e. The van der Waals surface area contributed by atoms with Gasteiger partial charge in [0.05, 0.1) is 12.3 Å². The Kier molecular flexibility index (Phi) is 4.22. The molecule has 2 atom stereocenters. The SMILES string of the molecule is CNCC(O)C(O)c1ncc(Cl)nc1N. The highest BCUT2D eigenvalue weighted by atomic mass is 35.5. The van der Waals surface area contributed by atoms with Gasteiger partial charge in [-0.1, -0.05) is 11.6 Å². The summed E-state index contributed by atoms with van der Waals surface area (Å²) in [6.07, 6.45) is -0.905. The Morgan fingerprint density at radius 3 is 2.80 bits per heavy atom. The number of nitrogen functional groups attached to an aromatic ring is 1. The summed E-state index contributed by atoms with van der Waals surface area (Å²) < 4.78 is 0. The standard InChI is InChI=1S/C8H13ClN4O2/c1-11-2-4(14)7(15)6-8(10)13-5(9)3-12-6/h3-4,7,11,14-15H,2H2,1H3,(H2,10,13). The van der Waals surface area contributed by atoms with E-state index in [4.69, 9.17) is 17.3 Å². The van der Waals surface area contributed by atoms with E-state index in [1.54, 1.807) is 7.05 Å². The fraction of sp³-hybridized carbons (Fsp3) is 0.500. The first kappa shape index (κ1) is 12.1. The summed E-state index contributed by atoms with van der Waals surface area (Å²) in [5, 5.41) is 22.0. The van der Waals surface area contributed by atoms with Crippen LogP contribution in [0.3, 0.4) is 0 Å². The lowest BCUT2D eigenvalue weighted by atomic mass is 10.1. The number of anilines is 1. The number of nitrogens with zero attached hydrogens (tertiary/aromatic N) is 2. The van der Waals surface area contributed by atoms with Crippen molar-refractivity contribution in [1.82, 2.24) is 15.3 Å². The van der Waals surface area contributed by atoms with Crippen molar-refractivity contribution in [2.45, 2.75) is 12.2 Å². The van der Waals surface area contributed by atoms with Crippen molar-refractivity contribution < 1.29 is 10.2 Å². The zero-order valence-electron chi connectivity index (χ0n) is 8.18. The van der Waals surface area contributed by atoms with Gasteiger partial charge >= 0.3 is 0 Å². The molecule has 6 nitrogen and oxygen atoms in total. The van der Waals surface area contributed by atoms with E-state index in [0.29, 0.717) is 0 Å². The van der Waals surface area contributed by atoms with E-state index < -0.39 is 12.2 Å². The third-order valence-electron chi connectivity index (χ3n) is 1.86. The second-order valence-corrected chi connectivity index (χ2v) is 3.42. The van der Waals surface area contributed by atoms with Gasteiger partial charge in [0.15, 0.2) is 0 Å². The maximum absolute atomic E-state index is 9.68. The van der Waals surface area contributed by atoms with Gasteiger partial charge in [-0.15, -0.1) is 0 Å². The fourth-order valence-corrected chi connectivity index (χ4v) is 1.26. The molecule has 1 heterocycles. The maximum Gasteiger partial charge on any atom is 0.149 e. The molecule has 0 saturated heterocycles. The maximum atomic E-state index is 9.68. The van der Waals surface area contributed by atoms with Crippen LogP contribution in [-0.4, -0.2) is 39.9 Å². The number of aliphatic hydroxyl groups is 2. The molecule has 0 fully saturated rings. The van der Waals surface area contributed by atoms with Crippen LogP contribution in [0.1, 0.15) is 11.8 Å². The monoisotopic (exact) mass is 232 g/mol. The van der Waals surface area contributed by atoms with Crippen LogP contribution in [0.5, 0.6) is 0 Å². The van der Waals surface area contributed by atoms with Crippen LogP contribution in [0.4, 0.5) is 5.82 Å². The van der Waals surface area contributed by atoms with E-state index in [1.807, 2.05) is 0 Å². The minimum absolute atomic E-state index is 0.0187. The van der Waals surface area contributed by atoms with Crippen molar-refractivity contribution in [2.75, 3.05) is 19.3 Å². The molecule has 0 aliphatic rings. The summed E-state index contributed by atoms with van der Waals surface area (Å²) in [7, 11) is 1.66. The molecule has 0 spiro atoms. The van der Waals surface area contributed by atoms with Crippen LogP contribution >= 0.6 is 11.6 Å². The molecule has 84 valence electrons. The van der Waals surface area contributed by atoms with Crippen LogP contribution in [-0.2, 0) is 0 Å². The summed E-state index contributed by atoms with van der Waals surface area (Å²) >= 11 is 5.55. The number of nitrogens with two attached hydrogens (primary N) is 1. The largest absolute Gasteiger partial charge is 0.389 e. The van der Waals surface area contributed by atoms with E-state index in [9.17, 15) is 10.2 Å². The third kappa shape index (κ3) is 3.00. The Morgan fingerprint density at radius 1 is 1.60 bits per heavy atom. The molecule has 1 aromatic rings. The number of likely N-dealkylation sites (N-methyl/N-ethyl adjacent to an activating group) is 1. The summed E-state index contributed by atoms with van der Waals surface area (Å²) in [6.45, 7) is 0.227. The molecule has 15 heavy (non-hydrogen) atoms. The van der Waals surface area contributed by atoms with Gasteiger partial charge in [-0.2, -0.15) is 0 Å². The van der Waals surface area contributed by atoms with Crippen LogP contribution in [0.15, 0.2) is 6.20 Å². The van der Waals surface area contributed by atoms with Gasteiger partial charge in [0.2, 0.25) is 0 Å². The number of hydrogen-bond donors (Lipinski definition) is 4. The second kappa shape index (κ2) is 5.22. The third-order valence-corrected chi connectivity index (χ3v) is 2.04. The first-order chi connectivity index (χ1) is 7.06. The lowest BCUT2D eigenvalue weighted by Gasteiger charge is -2.17. The van der Waals surface area contributed by atoms with Gasteiger partial charge in [-0.3, -0.25) is 4.98 Å². The molecule has 1 rings (SSSR count). The normalized spacial score (nSPS) is 14.9. The Bertz CT molecular complexity index is 336. The van der Waals surface area contributed by atoms with Gasteiger partial charge < -0.3 is 21.3 Å². The van der Waals surface area contributed by atoms with E-state index in [2.05, 4.69) is 15.3 Å². The van der Waals surface area contributed by atoms with Crippen molar-refractivity contribution >= 4 is 17.4 Å². The van der Waals surface area contributed by atoms with Crippen molar-refractivity contribution in [1.29, 1.82) is 0 Å². The average molecular weight is 233 g/mol. The predicted octanol–water partition coefficient (Wildman–Crippen LogP) is -0.674. The highest BCUT2D eigenvalue weighted by Gasteiger charge is 2.22. The van der Waals surface area contributed by atoms with E-state index in [0.717, 1.165) is 0 Å². The molecule has 0 aliphatic heterocycles. The van der Waals surface area contributed by atoms with Crippen LogP contribution in [0.25, 0.3) is 0 Å². The second-order valence-electron chi connectivity index (χ2n) is 3.03. The van der Waals surface area contributed by atoms with Crippen molar-refractivity contribution in [3.05, 3.63) is 17.0 Å². The van der Waals surface area contributed by atoms with Gasteiger partial charge in [-0.25, -0.2) is 4.98 Å². The Labute approximate surface area is 92.1 Å². The van der Waals surface area contributed by atoms with Crippen LogP contribution < -0.4 is 11.1 Å². The zero-order valence-corrected chi connectivity index (χ0v) is 8.94. The first-order valence-corrected chi connectivity index (χ1v) is 4.72. The Hall–Kier alpha value is -0.950. The molecule has 2 unspecified atom stereocenters. The minimum Gasteiger partial charge on any atom is -0.389 e. The van der Waals surface area contributed by atoms with Crippen LogP contribution in [0.2, 0.25) is 5.15 Å². The van der Waals surface area contributed by atoms with Gasteiger partial charge in [0.1, 0.15) is 22.8 Å². The van der Waals surface area contributed by atoms with Crippen molar-refractivity contribution in [2.24, 2.45) is 0 Å². The summed E-state index contributed by atoms with van der Waals surface area (Å²) in [4.78, 5) is 7.55. The molecule has 0 aliphatic carbocycles. The number of nitrogens with one attached hydrogen (secondary N) is 1. The van der Waals surface area contributed by atoms with Crippen molar-refractivity contribution in [3.63, 3.8) is 0 Å². The van der Waals surface area contributed by atoms with E-state index >= 15 is 0 Å². The molecular weight excluding hydrogens is 220 g/mol. The number of halogens is 1. The quantitative estimate of drug-likeness (QED) is 0.549. The molecule has 0 aromatic carbocycles. The van der Waals surface area contributed by atoms with Gasteiger partial charge in [-0.05, 0) is 7.05 Å². The van der Waals surface area contributed by atoms with Gasteiger partial charge in [0.25, 0.3) is 0 Å². The van der Waals surface area contributed by atoms with Gasteiger partial charge in [0, 0.05) is 6.54 Å². The molecule has 0 saturated carbocycles. The molecule has 1 aromatic heterocycles. The number of aliphatic hydroxyl groups excluding tert-OH is 2. The van der Waals surface area contributed by atoms with Crippen molar-refractivity contribution in [3.8, 4) is 0 Å². The fourth-order valence-electron chi connectivity index (χ4n) is 1.12. The molecule has 5 N–H and O–H groups in total. The molecule has 0 radical (unpaired) electrons. The summed E-state index contributed by atoms with van der Waals surface area (Å²) in [6, 6.07) is 0. The predicted molar refractivity (Wildman–Crippen MR) is 56.3 cm³/mol. The zero-order chi connectivity index (χ0) is 11.4. The molecule has 7 heteroatoms. The Balaban J connectivity index is 2.86.